The molecule has 0 aromatic carbocycles. The average Bonchev–Trinajstić information content (AvgIpc) is 3.23. The number of hydrogen-bond acceptors (Lipinski definition) is 8. The van der Waals surface area contributed by atoms with Gasteiger partial charge >= 0.3 is 0 Å². The van der Waals surface area contributed by atoms with Gasteiger partial charge in [0.25, 0.3) is 0 Å². The number of likely N-dealkylation sites (tertiary alicyclic amines) is 1. The van der Waals surface area contributed by atoms with E-state index in [4.69, 9.17) is 4.98 Å². The second-order valence-electron chi connectivity index (χ2n) is 7.56. The van der Waals surface area contributed by atoms with Crippen LogP contribution in [-0.2, 0) is 19.4 Å². The fourth-order valence-corrected chi connectivity index (χ4v) is 4.23. The zero-order valence-electron chi connectivity index (χ0n) is 17.0. The Kier molecular flexibility index (Phi) is 6.41. The first kappa shape index (κ1) is 19.8. The van der Waals surface area contributed by atoms with Crippen molar-refractivity contribution in [3.8, 4) is 0 Å². The molecule has 0 bridgehead atoms. The molecule has 0 radical (unpaired) electrons. The molecule has 3 aromatic rings. The van der Waals surface area contributed by atoms with Gasteiger partial charge < -0.3 is 5.32 Å². The Morgan fingerprint density at radius 3 is 2.59 bits per heavy atom. The highest BCUT2D eigenvalue weighted by molar-refractivity contribution is 7.13. The second-order valence-corrected chi connectivity index (χ2v) is 8.45. The monoisotopic (exact) mass is 409 g/mol. The van der Waals surface area contributed by atoms with E-state index < -0.39 is 0 Å². The molecular weight excluding hydrogens is 382 g/mol. The summed E-state index contributed by atoms with van der Waals surface area (Å²) in [4.78, 5) is 25.0. The maximum Gasteiger partial charge on any atom is 0.188 e. The number of anilines is 2. The van der Waals surface area contributed by atoms with Gasteiger partial charge in [0.05, 0.1) is 0 Å². The lowest BCUT2D eigenvalue weighted by Gasteiger charge is -2.31. The third kappa shape index (κ3) is 5.55. The molecule has 8 heteroatoms. The summed E-state index contributed by atoms with van der Waals surface area (Å²) in [5, 5.41) is 6.09. The van der Waals surface area contributed by atoms with E-state index >= 15 is 0 Å². The first-order chi connectivity index (χ1) is 14.2. The van der Waals surface area contributed by atoms with Gasteiger partial charge in [-0.1, -0.05) is 6.92 Å². The van der Waals surface area contributed by atoms with E-state index in [1.165, 1.54) is 18.4 Å². The number of aryl methyl sites for hydroxylation is 2. The van der Waals surface area contributed by atoms with Crippen LogP contribution in [0.4, 0.5) is 10.9 Å². The number of rotatable bonds is 7. The van der Waals surface area contributed by atoms with Crippen molar-refractivity contribution in [2.45, 2.75) is 46.1 Å². The first-order valence-electron chi connectivity index (χ1n) is 10.2. The molecule has 0 aliphatic carbocycles. The fourth-order valence-electron chi connectivity index (χ4n) is 3.69. The van der Waals surface area contributed by atoms with Crippen LogP contribution in [0.2, 0.25) is 0 Å². The number of thiazole rings is 1. The van der Waals surface area contributed by atoms with Gasteiger partial charge in [-0.15, -0.1) is 11.3 Å². The van der Waals surface area contributed by atoms with Crippen LogP contribution in [0.3, 0.4) is 0 Å². The van der Waals surface area contributed by atoms with Crippen molar-refractivity contribution in [1.29, 1.82) is 0 Å². The van der Waals surface area contributed by atoms with Crippen LogP contribution >= 0.6 is 11.3 Å². The van der Waals surface area contributed by atoms with Crippen molar-refractivity contribution in [3.05, 3.63) is 52.9 Å². The largest absolute Gasteiger partial charge is 0.316 e. The molecule has 0 amide bonds. The molecule has 0 unspecified atom stereocenters. The van der Waals surface area contributed by atoms with Gasteiger partial charge in [-0.2, -0.15) is 0 Å². The average molecular weight is 410 g/mol. The van der Waals surface area contributed by atoms with Gasteiger partial charge in [-0.05, 0) is 38.8 Å². The van der Waals surface area contributed by atoms with Crippen molar-refractivity contribution >= 4 is 22.3 Å². The van der Waals surface area contributed by atoms with Crippen LogP contribution in [0.5, 0.6) is 0 Å². The van der Waals surface area contributed by atoms with Gasteiger partial charge in [-0.25, -0.2) is 24.9 Å². The minimum Gasteiger partial charge on any atom is -0.316 e. The molecule has 29 heavy (non-hydrogen) atoms. The Labute approximate surface area is 175 Å². The highest BCUT2D eigenvalue weighted by Gasteiger charge is 2.21. The van der Waals surface area contributed by atoms with Gasteiger partial charge in [0.15, 0.2) is 5.13 Å². The summed E-state index contributed by atoms with van der Waals surface area (Å²) in [5.41, 5.74) is 2.18. The quantitative estimate of drug-likeness (QED) is 0.636. The molecule has 7 nitrogen and oxygen atoms in total. The zero-order valence-corrected chi connectivity index (χ0v) is 17.8. The summed E-state index contributed by atoms with van der Waals surface area (Å²) >= 11 is 1.57. The van der Waals surface area contributed by atoms with Crippen molar-refractivity contribution < 1.29 is 0 Å². The van der Waals surface area contributed by atoms with Crippen LogP contribution in [-0.4, -0.2) is 42.9 Å². The Hall–Kier alpha value is -2.45. The van der Waals surface area contributed by atoms with Gasteiger partial charge in [0.1, 0.15) is 17.5 Å². The van der Waals surface area contributed by atoms with Crippen molar-refractivity contribution in [2.24, 2.45) is 5.92 Å². The predicted octanol–water partition coefficient (Wildman–Crippen LogP) is 3.79. The Balaban J connectivity index is 1.30. The van der Waals surface area contributed by atoms with Crippen molar-refractivity contribution in [3.63, 3.8) is 0 Å². The van der Waals surface area contributed by atoms with E-state index in [-0.39, 0.29) is 0 Å². The number of nitrogens with zero attached hydrogens (tertiary/aromatic N) is 6. The minimum absolute atomic E-state index is 0.625. The van der Waals surface area contributed by atoms with Crippen LogP contribution in [0.1, 0.15) is 42.7 Å². The molecule has 1 aliphatic heterocycles. The van der Waals surface area contributed by atoms with Crippen LogP contribution < -0.4 is 5.32 Å². The number of nitrogens with one attached hydrogen (secondary N) is 1. The van der Waals surface area contributed by atoms with E-state index in [0.29, 0.717) is 5.92 Å². The van der Waals surface area contributed by atoms with Crippen LogP contribution in [0.25, 0.3) is 0 Å². The summed E-state index contributed by atoms with van der Waals surface area (Å²) in [7, 11) is 0. The van der Waals surface area contributed by atoms with E-state index in [1.807, 2.05) is 30.8 Å². The normalized spacial score (nSPS) is 15.5. The molecule has 3 aromatic heterocycles. The number of piperidine rings is 1. The molecule has 152 valence electrons. The molecule has 1 aliphatic rings. The molecule has 0 spiro atoms. The molecule has 0 saturated carbocycles. The fraction of sp³-hybridized carbons (Fsp3) is 0.476. The second kappa shape index (κ2) is 9.37. The Morgan fingerprint density at radius 2 is 1.90 bits per heavy atom. The molecule has 1 N–H and O–H groups in total. The third-order valence-corrected chi connectivity index (χ3v) is 5.92. The first-order valence-corrected chi connectivity index (χ1v) is 11.1. The molecule has 1 saturated heterocycles. The standard InChI is InChI=1S/C21H27N7S/c1-3-18-23-12-17(13-24-18)14-28-7-4-16(5-8-28)11-20-25-15(2)10-19(26-20)27-21-22-6-9-29-21/h6,9-10,12-13,16H,3-5,7-8,11,14H2,1-2H3,(H,22,25,26,27). The predicted molar refractivity (Wildman–Crippen MR) is 115 cm³/mol. The molecule has 1 fully saturated rings. The maximum atomic E-state index is 4.72. The summed E-state index contributed by atoms with van der Waals surface area (Å²) < 4.78 is 0. The smallest absolute Gasteiger partial charge is 0.188 e. The molecular formula is C21H27N7S. The SMILES string of the molecule is CCc1ncc(CN2CCC(Cc3nc(C)cc(Nc4nccs4)n3)CC2)cn1. The summed E-state index contributed by atoms with van der Waals surface area (Å²) in [6.45, 7) is 7.22. The summed E-state index contributed by atoms with van der Waals surface area (Å²) in [5.74, 6) is 3.29. The molecule has 4 rings (SSSR count). The Bertz CT molecular complexity index is 903. The number of hydrogen-bond donors (Lipinski definition) is 1. The minimum atomic E-state index is 0.625. The van der Waals surface area contributed by atoms with Crippen LogP contribution in [0.15, 0.2) is 30.0 Å². The molecule has 0 atom stereocenters. The lowest BCUT2D eigenvalue weighted by Crippen LogP contribution is -2.34. The Morgan fingerprint density at radius 1 is 1.10 bits per heavy atom. The topological polar surface area (TPSA) is 79.7 Å². The van der Waals surface area contributed by atoms with E-state index in [0.717, 1.165) is 60.8 Å². The van der Waals surface area contributed by atoms with Crippen molar-refractivity contribution in [1.82, 2.24) is 29.8 Å². The number of aromatic nitrogens is 5. The van der Waals surface area contributed by atoms with Gasteiger partial charge in [0.2, 0.25) is 0 Å². The summed E-state index contributed by atoms with van der Waals surface area (Å²) in [6.07, 6.45) is 9.87. The lowest BCUT2D eigenvalue weighted by molar-refractivity contribution is 0.175. The summed E-state index contributed by atoms with van der Waals surface area (Å²) in [6, 6.07) is 1.97. The van der Waals surface area contributed by atoms with Gasteiger partial charge in [-0.3, -0.25) is 4.90 Å². The van der Waals surface area contributed by atoms with E-state index in [1.54, 1.807) is 17.5 Å². The third-order valence-electron chi connectivity index (χ3n) is 5.23. The van der Waals surface area contributed by atoms with E-state index in [2.05, 4.69) is 37.1 Å². The lowest BCUT2D eigenvalue weighted by atomic mass is 9.93. The van der Waals surface area contributed by atoms with Crippen molar-refractivity contribution in [2.75, 3.05) is 18.4 Å². The van der Waals surface area contributed by atoms with Gasteiger partial charge in [0, 0.05) is 60.7 Å². The zero-order chi connectivity index (χ0) is 20.1. The van der Waals surface area contributed by atoms with Crippen LogP contribution in [0, 0.1) is 12.8 Å². The highest BCUT2D eigenvalue weighted by atomic mass is 32.1. The van der Waals surface area contributed by atoms with E-state index in [9.17, 15) is 0 Å². The maximum absolute atomic E-state index is 4.72. The highest BCUT2D eigenvalue weighted by Crippen LogP contribution is 2.23. The molecule has 4 heterocycles.